The van der Waals surface area contributed by atoms with E-state index in [4.69, 9.17) is 9.57 Å². The minimum Gasteiger partial charge on any atom is -0.467 e. The molecule has 0 N–H and O–H groups in total. The van der Waals surface area contributed by atoms with E-state index in [1.54, 1.807) is 12.0 Å². The van der Waals surface area contributed by atoms with Gasteiger partial charge in [-0.3, -0.25) is 4.84 Å². The van der Waals surface area contributed by atoms with Gasteiger partial charge in [0, 0.05) is 6.42 Å². The van der Waals surface area contributed by atoms with Crippen molar-refractivity contribution in [1.29, 1.82) is 0 Å². The maximum absolute atomic E-state index is 11.7. The number of hydrogen-bond donors (Lipinski definition) is 0. The van der Waals surface area contributed by atoms with Crippen LogP contribution < -0.4 is 0 Å². The van der Waals surface area contributed by atoms with Crippen molar-refractivity contribution in [1.82, 2.24) is 5.06 Å². The van der Waals surface area contributed by atoms with E-state index in [9.17, 15) is 9.59 Å². The van der Waals surface area contributed by atoms with Crippen molar-refractivity contribution in [2.45, 2.75) is 38.0 Å². The molecule has 0 bridgehead atoms. The molecule has 90 valence electrons. The highest BCUT2D eigenvalue weighted by molar-refractivity contribution is 5.84. The molecule has 0 unspecified atom stereocenters. The van der Waals surface area contributed by atoms with Crippen LogP contribution in [0, 0.1) is 0 Å². The Labute approximate surface area is 93.4 Å². The lowest BCUT2D eigenvalue weighted by Gasteiger charge is -2.39. The second-order valence-electron chi connectivity index (χ2n) is 4.37. The quantitative estimate of drug-likeness (QED) is 0.583. The maximum atomic E-state index is 11.7. The number of methoxy groups -OCH3 is 1. The summed E-state index contributed by atoms with van der Waals surface area (Å²) in [6.07, 6.45) is -0.453. The minimum absolute atomic E-state index is 0.0580. The molecule has 2 aliphatic heterocycles. The number of cyclic esters (lactones) is 1. The van der Waals surface area contributed by atoms with Gasteiger partial charge in [-0.15, -0.1) is 0 Å². The molecule has 0 aromatic carbocycles. The summed E-state index contributed by atoms with van der Waals surface area (Å²) in [7, 11) is 1.30. The van der Waals surface area contributed by atoms with Crippen LogP contribution >= 0.6 is 0 Å². The number of hydrogen-bond acceptors (Lipinski definition) is 6. The molecular formula is C10H15NO5. The van der Waals surface area contributed by atoms with E-state index in [1.807, 2.05) is 6.92 Å². The van der Waals surface area contributed by atoms with Gasteiger partial charge in [-0.05, 0) is 13.8 Å². The molecule has 3 atom stereocenters. The highest BCUT2D eigenvalue weighted by Crippen LogP contribution is 2.37. The Kier molecular flexibility index (Phi) is 2.63. The van der Waals surface area contributed by atoms with Gasteiger partial charge < -0.3 is 9.47 Å². The number of morpholine rings is 1. The largest absolute Gasteiger partial charge is 0.467 e. The summed E-state index contributed by atoms with van der Waals surface area (Å²) in [6, 6.07) is -0.0580. The molecule has 0 radical (unpaired) electrons. The first-order valence-electron chi connectivity index (χ1n) is 5.20. The lowest BCUT2D eigenvalue weighted by molar-refractivity contribution is -0.244. The number of carbonyl (C=O) groups excluding carboxylic acids is 2. The van der Waals surface area contributed by atoms with Crippen molar-refractivity contribution in [2.24, 2.45) is 0 Å². The molecule has 2 rings (SSSR count). The summed E-state index contributed by atoms with van der Waals surface area (Å²) in [5.74, 6) is -0.812. The molecule has 2 fully saturated rings. The van der Waals surface area contributed by atoms with Crippen molar-refractivity contribution in [2.75, 3.05) is 13.7 Å². The van der Waals surface area contributed by atoms with Crippen LogP contribution in [0.25, 0.3) is 0 Å². The monoisotopic (exact) mass is 229 g/mol. The Balaban J connectivity index is 2.22. The van der Waals surface area contributed by atoms with Crippen LogP contribution in [-0.4, -0.2) is 48.4 Å². The zero-order valence-corrected chi connectivity index (χ0v) is 9.56. The van der Waals surface area contributed by atoms with E-state index >= 15 is 0 Å². The first kappa shape index (κ1) is 11.3. The first-order chi connectivity index (χ1) is 7.49. The van der Waals surface area contributed by atoms with Crippen molar-refractivity contribution in [3.63, 3.8) is 0 Å². The third-order valence-electron chi connectivity index (χ3n) is 3.07. The number of carbonyl (C=O) groups is 2. The lowest BCUT2D eigenvalue weighted by atomic mass is 9.93. The summed E-state index contributed by atoms with van der Waals surface area (Å²) in [5, 5.41) is 1.56. The molecule has 6 nitrogen and oxygen atoms in total. The predicted octanol–water partition coefficient (Wildman–Crippen LogP) is -0.131. The van der Waals surface area contributed by atoms with Gasteiger partial charge in [0.15, 0.2) is 6.10 Å². The highest BCUT2D eigenvalue weighted by atomic mass is 16.7. The van der Waals surface area contributed by atoms with Crippen LogP contribution in [0.4, 0.5) is 0 Å². The van der Waals surface area contributed by atoms with Gasteiger partial charge in [0.25, 0.3) is 0 Å². The summed E-state index contributed by atoms with van der Waals surface area (Å²) >= 11 is 0. The summed E-state index contributed by atoms with van der Waals surface area (Å²) in [4.78, 5) is 28.6. The van der Waals surface area contributed by atoms with Crippen molar-refractivity contribution in [3.05, 3.63) is 0 Å². The number of ether oxygens (including phenoxy) is 2. The van der Waals surface area contributed by atoms with Crippen LogP contribution in [0.1, 0.15) is 20.3 Å². The number of hydroxylamine groups is 2. The third-order valence-corrected chi connectivity index (χ3v) is 3.07. The number of nitrogens with zero attached hydrogens (tertiary/aromatic N) is 1. The Hall–Kier alpha value is -1.14. The molecule has 0 aromatic heterocycles. The molecule has 0 saturated carbocycles. The molecule has 16 heavy (non-hydrogen) atoms. The standard InChI is InChI=1S/C10H15NO5/c1-6-5-15-9(13)10(2)4-7(8(12)14-3)16-11(6)10/h6-7H,4-5H2,1-3H3/t6-,7-,10-/m0/s1. The van der Waals surface area contributed by atoms with Crippen molar-refractivity contribution < 1.29 is 23.9 Å². The van der Waals surface area contributed by atoms with E-state index in [0.717, 1.165) is 0 Å². The van der Waals surface area contributed by atoms with Gasteiger partial charge >= 0.3 is 11.9 Å². The molecule has 2 heterocycles. The fourth-order valence-corrected chi connectivity index (χ4v) is 2.18. The van der Waals surface area contributed by atoms with E-state index in [1.165, 1.54) is 7.11 Å². The molecule has 0 spiro atoms. The van der Waals surface area contributed by atoms with Gasteiger partial charge in [0.2, 0.25) is 0 Å². The lowest BCUT2D eigenvalue weighted by Crippen LogP contribution is -2.57. The van der Waals surface area contributed by atoms with Gasteiger partial charge in [0.05, 0.1) is 13.2 Å². The number of esters is 2. The van der Waals surface area contributed by atoms with Gasteiger partial charge in [-0.25, -0.2) is 9.59 Å². The first-order valence-corrected chi connectivity index (χ1v) is 5.20. The zero-order valence-electron chi connectivity index (χ0n) is 9.56. The smallest absolute Gasteiger partial charge is 0.337 e. The Bertz CT molecular complexity index is 331. The third kappa shape index (κ3) is 1.49. The van der Waals surface area contributed by atoms with E-state index in [-0.39, 0.29) is 25.0 Å². The molecule has 0 aromatic rings. The topological polar surface area (TPSA) is 65.1 Å². The van der Waals surface area contributed by atoms with Gasteiger partial charge in [-0.1, -0.05) is 0 Å². The number of fused-ring (bicyclic) bond motifs is 1. The van der Waals surface area contributed by atoms with Gasteiger partial charge in [0.1, 0.15) is 12.1 Å². The van der Waals surface area contributed by atoms with E-state index in [2.05, 4.69) is 4.74 Å². The molecule has 6 heteroatoms. The molecular weight excluding hydrogens is 214 g/mol. The summed E-state index contributed by atoms with van der Waals surface area (Å²) in [6.45, 7) is 3.88. The average Bonchev–Trinajstić information content (AvgIpc) is 2.63. The molecule has 2 saturated heterocycles. The second-order valence-corrected chi connectivity index (χ2v) is 4.37. The summed E-state index contributed by atoms with van der Waals surface area (Å²) < 4.78 is 9.67. The van der Waals surface area contributed by atoms with Crippen LogP contribution in [0.2, 0.25) is 0 Å². The number of rotatable bonds is 1. The van der Waals surface area contributed by atoms with Crippen LogP contribution in [0.15, 0.2) is 0 Å². The highest BCUT2D eigenvalue weighted by Gasteiger charge is 2.56. The van der Waals surface area contributed by atoms with Gasteiger partial charge in [-0.2, -0.15) is 5.06 Å². The summed E-state index contributed by atoms with van der Waals surface area (Å²) in [5.41, 5.74) is -0.878. The fourth-order valence-electron chi connectivity index (χ4n) is 2.18. The zero-order chi connectivity index (χ0) is 11.9. The van der Waals surface area contributed by atoms with Crippen LogP contribution in [0.3, 0.4) is 0 Å². The Morgan fingerprint density at radius 2 is 2.31 bits per heavy atom. The van der Waals surface area contributed by atoms with E-state index in [0.29, 0.717) is 0 Å². The van der Waals surface area contributed by atoms with E-state index < -0.39 is 17.6 Å². The predicted molar refractivity (Wildman–Crippen MR) is 52.2 cm³/mol. The Morgan fingerprint density at radius 3 is 2.88 bits per heavy atom. The molecule has 0 aliphatic carbocycles. The van der Waals surface area contributed by atoms with Crippen molar-refractivity contribution in [3.8, 4) is 0 Å². The molecule has 2 aliphatic rings. The second kappa shape index (κ2) is 3.71. The average molecular weight is 229 g/mol. The maximum Gasteiger partial charge on any atom is 0.337 e. The fraction of sp³-hybridized carbons (Fsp3) is 0.800. The molecule has 0 amide bonds. The van der Waals surface area contributed by atoms with Crippen LogP contribution in [0.5, 0.6) is 0 Å². The van der Waals surface area contributed by atoms with Crippen molar-refractivity contribution >= 4 is 11.9 Å². The van der Waals surface area contributed by atoms with Crippen LogP contribution in [-0.2, 0) is 23.9 Å². The SMILES string of the molecule is COC(=O)[C@@H]1C[C@@]2(C)C(=O)OC[C@H](C)N2O1. The normalized spacial score (nSPS) is 39.1. The minimum atomic E-state index is -0.878. The Morgan fingerprint density at radius 1 is 1.62 bits per heavy atom.